The van der Waals surface area contributed by atoms with E-state index in [4.69, 9.17) is 0 Å². The molecule has 0 amide bonds. The predicted molar refractivity (Wildman–Crippen MR) is 69.3 cm³/mol. The molecule has 1 heterocycles. The normalized spacial score (nSPS) is 20.9. The summed E-state index contributed by atoms with van der Waals surface area (Å²) in [5.74, 6) is 0. The lowest BCUT2D eigenvalue weighted by molar-refractivity contribution is -0.00729. The number of halogens is 1. The highest BCUT2D eigenvalue weighted by molar-refractivity contribution is 9.10. The Labute approximate surface area is 105 Å². The second-order valence-corrected chi connectivity index (χ2v) is 5.82. The van der Waals surface area contributed by atoms with Crippen LogP contribution in [0.2, 0.25) is 0 Å². The van der Waals surface area contributed by atoms with Crippen molar-refractivity contribution < 1.29 is 5.11 Å². The summed E-state index contributed by atoms with van der Waals surface area (Å²) < 4.78 is 1.12. The number of likely N-dealkylation sites (tertiary alicyclic amines) is 1. The van der Waals surface area contributed by atoms with Crippen molar-refractivity contribution >= 4 is 15.9 Å². The molecule has 0 radical (unpaired) electrons. The maximum Gasteiger partial charge on any atom is 0.0644 e. The fraction of sp³-hybridized carbons (Fsp3) is 0.538. The molecule has 1 N–H and O–H groups in total. The highest BCUT2D eigenvalue weighted by Crippen LogP contribution is 2.22. The maximum atomic E-state index is 9.86. The van der Waals surface area contributed by atoms with Gasteiger partial charge in [-0.3, -0.25) is 4.90 Å². The molecule has 0 spiro atoms. The lowest BCUT2D eigenvalue weighted by atomic mass is 9.93. The van der Waals surface area contributed by atoms with Crippen molar-refractivity contribution in [3.8, 4) is 0 Å². The molecular weight excluding hydrogens is 266 g/mol. The molecule has 1 aromatic rings. The third-order valence-corrected chi connectivity index (χ3v) is 3.78. The van der Waals surface area contributed by atoms with E-state index in [1.807, 2.05) is 6.92 Å². The zero-order valence-corrected chi connectivity index (χ0v) is 11.2. The van der Waals surface area contributed by atoms with E-state index in [0.717, 1.165) is 36.9 Å². The van der Waals surface area contributed by atoms with Crippen LogP contribution in [0.25, 0.3) is 0 Å². The summed E-state index contributed by atoms with van der Waals surface area (Å²) in [5, 5.41) is 9.86. The molecule has 0 atom stereocenters. The number of piperidine rings is 1. The molecule has 2 rings (SSSR count). The van der Waals surface area contributed by atoms with Crippen molar-refractivity contribution in [1.29, 1.82) is 0 Å². The molecule has 88 valence electrons. The molecule has 1 fully saturated rings. The molecule has 1 aliphatic rings. The molecule has 0 saturated carbocycles. The minimum Gasteiger partial charge on any atom is -0.390 e. The van der Waals surface area contributed by atoms with E-state index in [0.29, 0.717) is 0 Å². The topological polar surface area (TPSA) is 23.5 Å². The molecule has 1 aliphatic heterocycles. The van der Waals surface area contributed by atoms with Gasteiger partial charge < -0.3 is 5.11 Å². The monoisotopic (exact) mass is 283 g/mol. The predicted octanol–water partition coefficient (Wildman–Crippen LogP) is 2.80. The van der Waals surface area contributed by atoms with Gasteiger partial charge in [0.25, 0.3) is 0 Å². The molecule has 2 nitrogen and oxygen atoms in total. The van der Waals surface area contributed by atoms with E-state index in [9.17, 15) is 5.11 Å². The van der Waals surface area contributed by atoms with Crippen LogP contribution in [0.3, 0.4) is 0 Å². The number of hydrogen-bond acceptors (Lipinski definition) is 2. The van der Waals surface area contributed by atoms with Crippen LogP contribution in [0.1, 0.15) is 25.3 Å². The van der Waals surface area contributed by atoms with Crippen LogP contribution in [0.5, 0.6) is 0 Å². The van der Waals surface area contributed by atoms with Gasteiger partial charge in [-0.05, 0) is 37.5 Å². The van der Waals surface area contributed by atoms with Gasteiger partial charge in [0.2, 0.25) is 0 Å². The fourth-order valence-corrected chi connectivity index (χ4v) is 2.31. The van der Waals surface area contributed by atoms with Crippen molar-refractivity contribution in [2.75, 3.05) is 13.1 Å². The highest BCUT2D eigenvalue weighted by Gasteiger charge is 2.26. The Bertz CT molecular complexity index is 337. The minimum atomic E-state index is -0.448. The first-order chi connectivity index (χ1) is 7.55. The lowest BCUT2D eigenvalue weighted by Crippen LogP contribution is -2.41. The molecule has 0 unspecified atom stereocenters. The van der Waals surface area contributed by atoms with Gasteiger partial charge in [-0.2, -0.15) is 0 Å². The SMILES string of the molecule is CC1(O)CCN(Cc2ccc(Br)cc2)CC1. The Balaban J connectivity index is 1.89. The van der Waals surface area contributed by atoms with Gasteiger partial charge in [-0.15, -0.1) is 0 Å². The van der Waals surface area contributed by atoms with E-state index < -0.39 is 5.60 Å². The van der Waals surface area contributed by atoms with Gasteiger partial charge >= 0.3 is 0 Å². The Hall–Kier alpha value is -0.380. The zero-order chi connectivity index (χ0) is 11.6. The molecule has 1 saturated heterocycles. The van der Waals surface area contributed by atoms with Crippen LogP contribution >= 0.6 is 15.9 Å². The molecule has 0 aliphatic carbocycles. The van der Waals surface area contributed by atoms with Gasteiger partial charge in [-0.1, -0.05) is 28.1 Å². The summed E-state index contributed by atoms with van der Waals surface area (Å²) in [7, 11) is 0. The lowest BCUT2D eigenvalue weighted by Gasteiger charge is -2.35. The van der Waals surface area contributed by atoms with E-state index in [1.54, 1.807) is 0 Å². The number of nitrogens with zero attached hydrogens (tertiary/aromatic N) is 1. The number of benzene rings is 1. The third-order valence-electron chi connectivity index (χ3n) is 3.25. The number of rotatable bonds is 2. The largest absolute Gasteiger partial charge is 0.390 e. The Morgan fingerprint density at radius 2 is 1.81 bits per heavy atom. The van der Waals surface area contributed by atoms with Crippen LogP contribution in [0, 0.1) is 0 Å². The first-order valence-electron chi connectivity index (χ1n) is 5.74. The average Bonchev–Trinajstić information content (AvgIpc) is 2.24. The molecule has 3 heteroatoms. The average molecular weight is 284 g/mol. The second kappa shape index (κ2) is 4.86. The second-order valence-electron chi connectivity index (χ2n) is 4.90. The minimum absolute atomic E-state index is 0.448. The van der Waals surface area contributed by atoms with Crippen molar-refractivity contribution in [2.24, 2.45) is 0 Å². The van der Waals surface area contributed by atoms with Gasteiger partial charge in [0.05, 0.1) is 5.60 Å². The summed E-state index contributed by atoms with van der Waals surface area (Å²) >= 11 is 3.44. The maximum absolute atomic E-state index is 9.86. The molecule has 16 heavy (non-hydrogen) atoms. The summed E-state index contributed by atoms with van der Waals surface area (Å²) in [4.78, 5) is 2.40. The summed E-state index contributed by atoms with van der Waals surface area (Å²) in [5.41, 5.74) is 0.890. The Morgan fingerprint density at radius 3 is 2.38 bits per heavy atom. The van der Waals surface area contributed by atoms with Gasteiger partial charge in [0, 0.05) is 24.1 Å². The first-order valence-corrected chi connectivity index (χ1v) is 6.54. The molecule has 1 aromatic carbocycles. The van der Waals surface area contributed by atoms with Crippen LogP contribution in [-0.2, 0) is 6.54 Å². The van der Waals surface area contributed by atoms with Crippen LogP contribution in [0.4, 0.5) is 0 Å². The first kappa shape index (κ1) is 12.1. The van der Waals surface area contributed by atoms with Gasteiger partial charge in [0.15, 0.2) is 0 Å². The van der Waals surface area contributed by atoms with E-state index in [-0.39, 0.29) is 0 Å². The van der Waals surface area contributed by atoms with Crippen molar-refractivity contribution in [2.45, 2.75) is 31.9 Å². The van der Waals surface area contributed by atoms with Crippen molar-refractivity contribution in [3.63, 3.8) is 0 Å². The Kier molecular flexibility index (Phi) is 3.67. The zero-order valence-electron chi connectivity index (χ0n) is 9.62. The van der Waals surface area contributed by atoms with Gasteiger partial charge in [0.1, 0.15) is 0 Å². The summed E-state index contributed by atoms with van der Waals surface area (Å²) in [6.45, 7) is 4.90. The van der Waals surface area contributed by atoms with Crippen molar-refractivity contribution in [3.05, 3.63) is 34.3 Å². The van der Waals surface area contributed by atoms with E-state index >= 15 is 0 Å². The standard InChI is InChI=1S/C13H18BrNO/c1-13(16)6-8-15(9-7-13)10-11-2-4-12(14)5-3-11/h2-5,16H,6-10H2,1H3. The van der Waals surface area contributed by atoms with Crippen molar-refractivity contribution in [1.82, 2.24) is 4.90 Å². The quantitative estimate of drug-likeness (QED) is 0.902. The molecule has 0 bridgehead atoms. The smallest absolute Gasteiger partial charge is 0.0644 e. The van der Waals surface area contributed by atoms with Gasteiger partial charge in [-0.25, -0.2) is 0 Å². The number of aliphatic hydroxyl groups is 1. The summed E-state index contributed by atoms with van der Waals surface area (Å²) in [6, 6.07) is 8.46. The van der Waals surface area contributed by atoms with E-state index in [1.165, 1.54) is 5.56 Å². The third kappa shape index (κ3) is 3.30. The highest BCUT2D eigenvalue weighted by atomic mass is 79.9. The van der Waals surface area contributed by atoms with E-state index in [2.05, 4.69) is 45.1 Å². The van der Waals surface area contributed by atoms with Crippen LogP contribution < -0.4 is 0 Å². The van der Waals surface area contributed by atoms with Crippen LogP contribution in [-0.4, -0.2) is 28.7 Å². The number of hydrogen-bond donors (Lipinski definition) is 1. The molecular formula is C13H18BrNO. The Morgan fingerprint density at radius 1 is 1.25 bits per heavy atom. The summed E-state index contributed by atoms with van der Waals surface area (Å²) in [6.07, 6.45) is 1.76. The molecule has 0 aromatic heterocycles. The fourth-order valence-electron chi connectivity index (χ4n) is 2.04. The van der Waals surface area contributed by atoms with Crippen LogP contribution in [0.15, 0.2) is 28.7 Å².